The monoisotopic (exact) mass is 346 g/mol. The van der Waals surface area contributed by atoms with Gasteiger partial charge in [-0.1, -0.05) is 11.6 Å². The number of carbonyl (C=O) groups is 1. The third kappa shape index (κ3) is 3.04. The molecule has 1 aliphatic rings. The van der Waals surface area contributed by atoms with Crippen LogP contribution in [0, 0.1) is 0 Å². The van der Waals surface area contributed by atoms with Crippen molar-refractivity contribution in [1.82, 2.24) is 0 Å². The normalized spacial score (nSPS) is 25.7. The molecule has 0 saturated heterocycles. The van der Waals surface area contributed by atoms with Gasteiger partial charge in [-0.25, -0.2) is 0 Å². The van der Waals surface area contributed by atoms with Gasteiger partial charge in [0.1, 0.15) is 5.54 Å². The molecule has 0 atom stereocenters. The van der Waals surface area contributed by atoms with Crippen LogP contribution in [0.5, 0.6) is 0 Å². The van der Waals surface area contributed by atoms with Gasteiger partial charge in [-0.3, -0.25) is 4.79 Å². The third-order valence-corrected chi connectivity index (χ3v) is 4.54. The van der Waals surface area contributed by atoms with E-state index in [0.717, 1.165) is 10.2 Å². The van der Waals surface area contributed by atoms with E-state index in [1.165, 1.54) is 0 Å². The molecule has 0 unspecified atom stereocenters. The first-order chi connectivity index (χ1) is 8.97. The van der Waals surface area contributed by atoms with E-state index in [-0.39, 0.29) is 12.0 Å². The fourth-order valence-corrected chi connectivity index (χ4v) is 2.78. The van der Waals surface area contributed by atoms with E-state index in [0.29, 0.717) is 24.5 Å². The van der Waals surface area contributed by atoms with Crippen molar-refractivity contribution in [2.45, 2.75) is 31.4 Å². The Hall–Kier alpha value is -0.780. The number of nitrogens with two attached hydrogens (primary N) is 1. The molecule has 1 saturated carbocycles. The fourth-order valence-electron chi connectivity index (χ4n) is 2.29. The number of anilines is 1. The van der Waals surface area contributed by atoms with Crippen molar-refractivity contribution in [2.75, 3.05) is 11.9 Å². The lowest BCUT2D eigenvalue weighted by atomic mass is 9.73. The lowest BCUT2D eigenvalue weighted by Gasteiger charge is -2.45. The molecule has 0 aromatic heterocycles. The van der Waals surface area contributed by atoms with E-state index in [4.69, 9.17) is 22.1 Å². The zero-order valence-electron chi connectivity index (χ0n) is 10.6. The minimum Gasteiger partial charge on any atom is -0.378 e. The Labute approximate surface area is 125 Å². The second-order valence-corrected chi connectivity index (χ2v) is 5.95. The van der Waals surface area contributed by atoms with E-state index in [1.54, 1.807) is 6.07 Å². The first-order valence-corrected chi connectivity index (χ1v) is 7.28. The van der Waals surface area contributed by atoms with Gasteiger partial charge in [-0.05, 0) is 41.1 Å². The largest absolute Gasteiger partial charge is 0.378 e. The molecule has 3 N–H and O–H groups in total. The second kappa shape index (κ2) is 5.69. The number of amides is 1. The van der Waals surface area contributed by atoms with Crippen molar-refractivity contribution in [3.05, 3.63) is 27.7 Å². The van der Waals surface area contributed by atoms with Crippen molar-refractivity contribution < 1.29 is 9.53 Å². The number of benzene rings is 1. The quantitative estimate of drug-likeness (QED) is 0.861. The van der Waals surface area contributed by atoms with Gasteiger partial charge in [-0.2, -0.15) is 0 Å². The summed E-state index contributed by atoms with van der Waals surface area (Å²) in [6.45, 7) is 2.58. The molecule has 1 aromatic rings. The predicted molar refractivity (Wildman–Crippen MR) is 79.3 cm³/mol. The van der Waals surface area contributed by atoms with Crippen molar-refractivity contribution in [1.29, 1.82) is 0 Å². The zero-order chi connectivity index (χ0) is 14.0. The number of nitrogens with one attached hydrogen (secondary N) is 1. The number of carbonyl (C=O) groups excluding carboxylic acids is 1. The van der Waals surface area contributed by atoms with E-state index in [1.807, 2.05) is 19.1 Å². The minimum absolute atomic E-state index is 0.0979. The molecule has 0 radical (unpaired) electrons. The molecule has 104 valence electrons. The van der Waals surface area contributed by atoms with Crippen LogP contribution < -0.4 is 11.1 Å². The standard InChI is InChI=1S/C13H16BrClN2O2/c1-2-19-9-6-13(7-9,12(16)18)17-8-3-4-11(15)10(14)5-8/h3-5,9,17H,2,6-7H2,1H3,(H2,16,18). The summed E-state index contributed by atoms with van der Waals surface area (Å²) in [7, 11) is 0. The summed E-state index contributed by atoms with van der Waals surface area (Å²) in [4.78, 5) is 11.7. The van der Waals surface area contributed by atoms with E-state index in [9.17, 15) is 4.79 Å². The van der Waals surface area contributed by atoms with Crippen LogP contribution in [0.4, 0.5) is 5.69 Å². The number of rotatable bonds is 5. The maximum Gasteiger partial charge on any atom is 0.243 e. The van der Waals surface area contributed by atoms with Gasteiger partial charge in [0.2, 0.25) is 5.91 Å². The SMILES string of the molecule is CCOC1CC(Nc2ccc(Cl)c(Br)c2)(C(N)=O)C1. The predicted octanol–water partition coefficient (Wildman–Crippen LogP) is 2.94. The van der Waals surface area contributed by atoms with Gasteiger partial charge in [0.05, 0.1) is 11.1 Å². The summed E-state index contributed by atoms with van der Waals surface area (Å²) in [6.07, 6.45) is 1.29. The molecule has 1 amide bonds. The van der Waals surface area contributed by atoms with Crippen LogP contribution in [-0.2, 0) is 9.53 Å². The van der Waals surface area contributed by atoms with Crippen molar-refractivity contribution >= 4 is 39.1 Å². The molecular formula is C13H16BrClN2O2. The Balaban J connectivity index is 2.10. The van der Waals surface area contributed by atoms with Gasteiger partial charge in [-0.15, -0.1) is 0 Å². The third-order valence-electron chi connectivity index (χ3n) is 3.33. The Kier molecular flexibility index (Phi) is 4.38. The zero-order valence-corrected chi connectivity index (χ0v) is 12.9. The molecule has 0 aliphatic heterocycles. The maximum atomic E-state index is 11.7. The Morgan fingerprint density at radius 3 is 2.84 bits per heavy atom. The van der Waals surface area contributed by atoms with Gasteiger partial charge >= 0.3 is 0 Å². The van der Waals surface area contributed by atoms with Crippen LogP contribution in [0.25, 0.3) is 0 Å². The first kappa shape index (κ1) is 14.6. The van der Waals surface area contributed by atoms with Crippen LogP contribution in [0.2, 0.25) is 5.02 Å². The Morgan fingerprint density at radius 1 is 1.63 bits per heavy atom. The maximum absolute atomic E-state index is 11.7. The number of hydrogen-bond donors (Lipinski definition) is 2. The molecule has 1 aromatic carbocycles. The lowest BCUT2D eigenvalue weighted by Crippen LogP contribution is -2.61. The Bertz CT molecular complexity index is 490. The van der Waals surface area contributed by atoms with Crippen LogP contribution in [0.1, 0.15) is 19.8 Å². The van der Waals surface area contributed by atoms with Crippen LogP contribution >= 0.6 is 27.5 Å². The van der Waals surface area contributed by atoms with Crippen LogP contribution in [-0.4, -0.2) is 24.2 Å². The van der Waals surface area contributed by atoms with Crippen LogP contribution in [0.3, 0.4) is 0 Å². The van der Waals surface area contributed by atoms with Crippen molar-refractivity contribution in [3.63, 3.8) is 0 Å². The highest BCUT2D eigenvalue weighted by Crippen LogP contribution is 2.38. The molecule has 0 heterocycles. The number of hydrogen-bond acceptors (Lipinski definition) is 3. The van der Waals surface area contributed by atoms with Gasteiger partial charge in [0.15, 0.2) is 0 Å². The average molecular weight is 348 g/mol. The highest BCUT2D eigenvalue weighted by Gasteiger charge is 2.49. The number of primary amides is 1. The number of ether oxygens (including phenoxy) is 1. The summed E-state index contributed by atoms with van der Waals surface area (Å²) < 4.78 is 6.26. The molecule has 1 aliphatic carbocycles. The molecule has 6 heteroatoms. The van der Waals surface area contributed by atoms with Gasteiger partial charge < -0.3 is 15.8 Å². The summed E-state index contributed by atoms with van der Waals surface area (Å²) in [5.74, 6) is -0.352. The van der Waals surface area contributed by atoms with E-state index < -0.39 is 5.54 Å². The average Bonchev–Trinajstić information content (AvgIpc) is 2.30. The second-order valence-electron chi connectivity index (χ2n) is 4.69. The lowest BCUT2D eigenvalue weighted by molar-refractivity contribution is -0.131. The van der Waals surface area contributed by atoms with Gasteiger partial charge in [0, 0.05) is 29.6 Å². The first-order valence-electron chi connectivity index (χ1n) is 6.11. The highest BCUT2D eigenvalue weighted by molar-refractivity contribution is 9.10. The molecule has 4 nitrogen and oxygen atoms in total. The van der Waals surface area contributed by atoms with Crippen molar-refractivity contribution in [3.8, 4) is 0 Å². The molecule has 19 heavy (non-hydrogen) atoms. The smallest absolute Gasteiger partial charge is 0.243 e. The minimum atomic E-state index is -0.715. The Morgan fingerprint density at radius 2 is 2.32 bits per heavy atom. The van der Waals surface area contributed by atoms with E-state index in [2.05, 4.69) is 21.2 Å². The summed E-state index contributed by atoms with van der Waals surface area (Å²) in [6, 6.07) is 5.42. The van der Waals surface area contributed by atoms with Crippen LogP contribution in [0.15, 0.2) is 22.7 Å². The van der Waals surface area contributed by atoms with Crippen molar-refractivity contribution in [2.24, 2.45) is 5.73 Å². The highest BCUT2D eigenvalue weighted by atomic mass is 79.9. The summed E-state index contributed by atoms with van der Waals surface area (Å²) in [5, 5.41) is 3.83. The molecular weight excluding hydrogens is 332 g/mol. The summed E-state index contributed by atoms with van der Waals surface area (Å²) in [5.41, 5.74) is 5.61. The topological polar surface area (TPSA) is 64.3 Å². The summed E-state index contributed by atoms with van der Waals surface area (Å²) >= 11 is 9.29. The molecule has 2 rings (SSSR count). The molecule has 0 spiro atoms. The molecule has 0 bridgehead atoms. The molecule has 1 fully saturated rings. The van der Waals surface area contributed by atoms with Gasteiger partial charge in [0.25, 0.3) is 0 Å². The number of halogens is 2. The fraction of sp³-hybridized carbons (Fsp3) is 0.462. The van der Waals surface area contributed by atoms with E-state index >= 15 is 0 Å².